The third-order valence-electron chi connectivity index (χ3n) is 12.2. The predicted molar refractivity (Wildman–Crippen MR) is 246 cm³/mol. The van der Waals surface area contributed by atoms with E-state index in [1.807, 2.05) is 62.4 Å². The lowest BCUT2D eigenvalue weighted by molar-refractivity contribution is 0.0686. The molecule has 0 saturated heterocycles. The number of fused-ring (bicyclic) bond motifs is 2. The molecule has 0 aromatic heterocycles. The predicted octanol–water partition coefficient (Wildman–Crippen LogP) is 11.8. The number of benzene rings is 5. The molecule has 326 valence electrons. The lowest BCUT2D eigenvalue weighted by Gasteiger charge is -2.31. The fraction of sp³-hybridized carbons (Fsp3) is 0.353. The number of anilines is 2. The molecule has 0 fully saturated rings. The molecule has 2 N–H and O–H groups in total. The fourth-order valence-corrected chi connectivity index (χ4v) is 9.29. The number of carbonyl (C=O) groups is 2. The van der Waals surface area contributed by atoms with Gasteiger partial charge >= 0.3 is 11.9 Å². The van der Waals surface area contributed by atoms with Crippen LogP contribution >= 0.6 is 0 Å². The first-order valence-corrected chi connectivity index (χ1v) is 23.2. The topological polar surface area (TPSA) is 151 Å². The average Bonchev–Trinajstić information content (AvgIpc) is 3.25. The van der Waals surface area contributed by atoms with Gasteiger partial charge in [0.05, 0.1) is 22.1 Å². The van der Waals surface area contributed by atoms with E-state index in [0.29, 0.717) is 52.8 Å². The standard InChI is InChI=1S/C51H58N2O8S/c1-7-11-15-35(9-3)31-52(44-25-19-37(50(54)55)27-33(44)5)39-21-23-41-46(29-39)61-47-30-40(22-24-42(47)49(41)43-17-13-14-18-48(43)62(58,59)60)53(32-36(10-4)16-12-8-2)45-26-20-38(51(56)57)28-34(45)6/h13-14,17-30,35-36H,7-12,15-16,31-32H2,1-6H3,(H2-,54,55,56,57,58,59,60). The summed E-state index contributed by atoms with van der Waals surface area (Å²) in [6.07, 6.45) is 8.24. The Labute approximate surface area is 365 Å². The van der Waals surface area contributed by atoms with E-state index in [1.165, 1.54) is 6.07 Å². The molecule has 0 saturated carbocycles. The van der Waals surface area contributed by atoms with Crippen LogP contribution < -0.4 is 14.8 Å². The second-order valence-corrected chi connectivity index (χ2v) is 17.8. The highest BCUT2D eigenvalue weighted by molar-refractivity contribution is 7.85. The first-order chi connectivity index (χ1) is 29.7. The highest BCUT2D eigenvalue weighted by atomic mass is 32.2. The molecule has 0 bridgehead atoms. The third-order valence-corrected chi connectivity index (χ3v) is 13.1. The van der Waals surface area contributed by atoms with Gasteiger partial charge in [-0.25, -0.2) is 18.0 Å². The molecule has 1 aliphatic carbocycles. The molecule has 62 heavy (non-hydrogen) atoms. The molecular weight excluding hydrogens is 801 g/mol. The number of hydrogen-bond acceptors (Lipinski definition) is 7. The molecule has 2 unspecified atom stereocenters. The van der Waals surface area contributed by atoms with Crippen LogP contribution in [0.1, 0.15) is 111 Å². The Morgan fingerprint density at radius 3 is 2.00 bits per heavy atom. The summed E-state index contributed by atoms with van der Waals surface area (Å²) in [4.78, 5) is 25.8. The number of aromatic carboxylic acids is 2. The van der Waals surface area contributed by atoms with Crippen molar-refractivity contribution in [3.8, 4) is 22.5 Å². The largest absolute Gasteiger partial charge is 0.744 e. The first kappa shape index (κ1) is 45.7. The Kier molecular flexibility index (Phi) is 14.7. The van der Waals surface area contributed by atoms with Crippen molar-refractivity contribution in [2.75, 3.05) is 18.0 Å². The zero-order valence-electron chi connectivity index (χ0n) is 36.6. The van der Waals surface area contributed by atoms with Crippen LogP contribution in [-0.4, -0.2) is 48.2 Å². The van der Waals surface area contributed by atoms with Crippen LogP contribution in [0.5, 0.6) is 0 Å². The van der Waals surface area contributed by atoms with E-state index in [9.17, 15) is 32.8 Å². The summed E-state index contributed by atoms with van der Waals surface area (Å²) < 4.78 is 47.6. The second kappa shape index (κ2) is 19.9. The zero-order chi connectivity index (χ0) is 44.7. The van der Waals surface area contributed by atoms with Gasteiger partial charge in [-0.1, -0.05) is 78.0 Å². The Morgan fingerprint density at radius 2 is 1.39 bits per heavy atom. The Morgan fingerprint density at radius 1 is 0.742 bits per heavy atom. The van der Waals surface area contributed by atoms with Gasteiger partial charge in [0.25, 0.3) is 0 Å². The molecular formula is C51H58N2O8S. The van der Waals surface area contributed by atoms with Crippen LogP contribution in [0.2, 0.25) is 0 Å². The van der Waals surface area contributed by atoms with Gasteiger partial charge in [0.2, 0.25) is 11.0 Å². The summed E-state index contributed by atoms with van der Waals surface area (Å²) in [6.45, 7) is 13.9. The van der Waals surface area contributed by atoms with Crippen molar-refractivity contribution >= 4 is 50.1 Å². The minimum Gasteiger partial charge on any atom is -0.744 e. The van der Waals surface area contributed by atoms with Gasteiger partial charge in [-0.15, -0.1) is 0 Å². The summed E-state index contributed by atoms with van der Waals surface area (Å²) in [5.74, 6) is -0.848. The summed E-state index contributed by atoms with van der Waals surface area (Å²) in [7, 11) is -4.89. The van der Waals surface area contributed by atoms with Crippen molar-refractivity contribution in [3.05, 3.63) is 125 Å². The normalized spacial score (nSPS) is 13.3. The molecule has 1 aliphatic heterocycles. The third kappa shape index (κ3) is 10.1. The van der Waals surface area contributed by atoms with Crippen LogP contribution in [0.25, 0.3) is 33.4 Å². The van der Waals surface area contributed by atoms with Gasteiger partial charge in [-0.2, -0.15) is 4.58 Å². The van der Waals surface area contributed by atoms with Crippen molar-refractivity contribution in [2.24, 2.45) is 11.8 Å². The van der Waals surface area contributed by atoms with Gasteiger partial charge in [0.1, 0.15) is 21.5 Å². The van der Waals surface area contributed by atoms with Gasteiger partial charge in [0, 0.05) is 69.7 Å². The lowest BCUT2D eigenvalue weighted by atomic mass is 9.93. The summed E-state index contributed by atoms with van der Waals surface area (Å²) in [5, 5.41) is 21.0. The van der Waals surface area contributed by atoms with Crippen molar-refractivity contribution in [3.63, 3.8) is 0 Å². The Bertz CT molecular complexity index is 2740. The molecule has 0 spiro atoms. The fourth-order valence-electron chi connectivity index (χ4n) is 8.60. The summed E-state index contributed by atoms with van der Waals surface area (Å²) >= 11 is 0. The van der Waals surface area contributed by atoms with Crippen LogP contribution in [-0.2, 0) is 10.1 Å². The molecule has 4 aromatic carbocycles. The lowest BCUT2D eigenvalue weighted by Crippen LogP contribution is -2.31. The highest BCUT2D eigenvalue weighted by Gasteiger charge is 2.26. The maximum absolute atomic E-state index is 12.8. The maximum Gasteiger partial charge on any atom is 0.335 e. The Hall–Kier alpha value is -5.78. The molecule has 0 radical (unpaired) electrons. The summed E-state index contributed by atoms with van der Waals surface area (Å²) in [6, 6.07) is 28.2. The van der Waals surface area contributed by atoms with E-state index >= 15 is 0 Å². The van der Waals surface area contributed by atoms with Gasteiger partial charge in [-0.3, -0.25) is 0 Å². The molecule has 11 heteroatoms. The zero-order valence-corrected chi connectivity index (χ0v) is 37.4. The molecule has 4 aromatic rings. The van der Waals surface area contributed by atoms with Crippen molar-refractivity contribution in [1.82, 2.24) is 4.58 Å². The first-order valence-electron chi connectivity index (χ1n) is 21.8. The molecule has 0 amide bonds. The molecule has 6 rings (SSSR count). The number of rotatable bonds is 19. The smallest absolute Gasteiger partial charge is 0.335 e. The van der Waals surface area contributed by atoms with Gasteiger partial charge in [0.15, 0.2) is 6.54 Å². The second-order valence-electron chi connectivity index (χ2n) is 16.5. The number of carboxylic acids is 2. The molecule has 2 atom stereocenters. The van der Waals surface area contributed by atoms with E-state index in [0.717, 1.165) is 84.9 Å². The monoisotopic (exact) mass is 858 g/mol. The highest BCUT2D eigenvalue weighted by Crippen LogP contribution is 2.44. The van der Waals surface area contributed by atoms with E-state index in [1.54, 1.807) is 42.5 Å². The van der Waals surface area contributed by atoms with Crippen LogP contribution in [0, 0.1) is 25.7 Å². The minimum absolute atomic E-state index is 0.203. The van der Waals surface area contributed by atoms with E-state index < -0.39 is 22.1 Å². The number of unbranched alkanes of at least 4 members (excludes halogenated alkanes) is 2. The van der Waals surface area contributed by atoms with Gasteiger partial charge < -0.3 is 24.1 Å². The number of aryl methyl sites for hydroxylation is 2. The number of carboxylic acid groups (broad SMARTS) is 2. The quantitative estimate of drug-likeness (QED) is 0.0461. The van der Waals surface area contributed by atoms with Crippen molar-refractivity contribution in [1.29, 1.82) is 0 Å². The number of nitrogens with zero attached hydrogens (tertiary/aromatic N) is 2. The van der Waals surface area contributed by atoms with E-state index in [2.05, 4.69) is 37.2 Å². The minimum atomic E-state index is -4.89. The van der Waals surface area contributed by atoms with E-state index in [-0.39, 0.29) is 21.6 Å². The van der Waals surface area contributed by atoms with Gasteiger partial charge in [-0.05, 0) is 99.2 Å². The molecule has 10 nitrogen and oxygen atoms in total. The average molecular weight is 859 g/mol. The van der Waals surface area contributed by atoms with E-state index in [4.69, 9.17) is 4.42 Å². The molecule has 2 aliphatic rings. The SMILES string of the molecule is CCCCC(CC)CN(c1ccc2c(-c3ccccc3S(=O)(=O)[O-])c3ccc(=[N+](CC(CC)CCCC)c4ccc(C(=O)O)cc4C)cc-3oc2c1)c1ccc(C(=O)O)cc1C. The van der Waals surface area contributed by atoms with Crippen LogP contribution in [0.3, 0.4) is 0 Å². The van der Waals surface area contributed by atoms with Crippen molar-refractivity contribution in [2.45, 2.75) is 97.8 Å². The van der Waals surface area contributed by atoms with Crippen LogP contribution in [0.4, 0.5) is 17.1 Å². The molecule has 1 heterocycles. The summed E-state index contributed by atoms with van der Waals surface area (Å²) in [5.41, 5.74) is 6.45. The Balaban J connectivity index is 1.68. The van der Waals surface area contributed by atoms with Crippen LogP contribution in [0.15, 0.2) is 106 Å². The van der Waals surface area contributed by atoms with Crippen molar-refractivity contribution < 1.29 is 37.2 Å². The number of hydrogen-bond donors (Lipinski definition) is 2. The maximum atomic E-state index is 12.8.